The molecular formula is C20H25N3O. The van der Waals surface area contributed by atoms with Crippen LogP contribution >= 0.6 is 0 Å². The van der Waals surface area contributed by atoms with Crippen LogP contribution in [0.1, 0.15) is 42.9 Å². The summed E-state index contributed by atoms with van der Waals surface area (Å²) in [6.07, 6.45) is 5.77. The molecule has 2 fully saturated rings. The number of nitrogens with zero attached hydrogens (tertiary/aromatic N) is 1. The first-order valence-corrected chi connectivity index (χ1v) is 9.43. The van der Waals surface area contributed by atoms with Crippen molar-refractivity contribution in [3.63, 3.8) is 0 Å². The molecule has 2 saturated heterocycles. The van der Waals surface area contributed by atoms with Gasteiger partial charge < -0.3 is 15.2 Å². The molecule has 4 nitrogen and oxygen atoms in total. The zero-order valence-electron chi connectivity index (χ0n) is 14.1. The third kappa shape index (κ3) is 2.20. The fourth-order valence-corrected chi connectivity index (χ4v) is 5.08. The smallest absolute Gasteiger partial charge is 0.227 e. The van der Waals surface area contributed by atoms with Crippen LogP contribution in [0.2, 0.25) is 0 Å². The number of aromatic amines is 1. The number of rotatable bonds is 1. The van der Waals surface area contributed by atoms with Crippen molar-refractivity contribution < 1.29 is 4.79 Å². The van der Waals surface area contributed by atoms with Crippen LogP contribution in [0.4, 0.5) is 0 Å². The van der Waals surface area contributed by atoms with Gasteiger partial charge in [0.1, 0.15) is 0 Å². The maximum Gasteiger partial charge on any atom is 0.227 e. The number of carbonyl (C=O) groups excluding carboxylic acids is 1. The highest BCUT2D eigenvalue weighted by atomic mass is 16.2. The number of likely N-dealkylation sites (tertiary alicyclic amines) is 1. The summed E-state index contributed by atoms with van der Waals surface area (Å²) in [4.78, 5) is 18.9. The van der Waals surface area contributed by atoms with E-state index in [1.54, 1.807) is 0 Å². The lowest BCUT2D eigenvalue weighted by molar-refractivity contribution is -0.138. The van der Waals surface area contributed by atoms with Crippen LogP contribution in [0, 0.1) is 5.92 Å². The second-order valence-corrected chi connectivity index (χ2v) is 7.71. The first-order chi connectivity index (χ1) is 11.8. The molecule has 2 bridgehead atoms. The van der Waals surface area contributed by atoms with Crippen molar-refractivity contribution >= 4 is 16.8 Å². The van der Waals surface area contributed by atoms with Gasteiger partial charge in [-0.3, -0.25) is 4.79 Å². The van der Waals surface area contributed by atoms with Gasteiger partial charge >= 0.3 is 0 Å². The molecule has 3 unspecified atom stereocenters. The molecule has 0 spiro atoms. The van der Waals surface area contributed by atoms with Crippen molar-refractivity contribution in [3.8, 4) is 0 Å². The molecule has 24 heavy (non-hydrogen) atoms. The largest absolute Gasteiger partial charge is 0.358 e. The normalized spacial score (nSPS) is 29.5. The molecule has 1 aromatic carbocycles. The van der Waals surface area contributed by atoms with E-state index in [1.165, 1.54) is 28.6 Å². The first kappa shape index (κ1) is 14.5. The minimum atomic E-state index is 0.0893. The van der Waals surface area contributed by atoms with Crippen molar-refractivity contribution in [2.24, 2.45) is 5.92 Å². The van der Waals surface area contributed by atoms with E-state index in [4.69, 9.17) is 0 Å². The Morgan fingerprint density at radius 3 is 2.83 bits per heavy atom. The molecule has 0 radical (unpaired) electrons. The number of fused-ring (bicyclic) bond motifs is 6. The Bertz CT molecular complexity index is 774. The van der Waals surface area contributed by atoms with Gasteiger partial charge in [-0.2, -0.15) is 0 Å². The van der Waals surface area contributed by atoms with Gasteiger partial charge in [0.15, 0.2) is 0 Å². The van der Waals surface area contributed by atoms with Gasteiger partial charge in [-0.05, 0) is 43.7 Å². The van der Waals surface area contributed by atoms with Gasteiger partial charge in [0.05, 0.1) is 5.92 Å². The van der Waals surface area contributed by atoms with Gasteiger partial charge in [-0.15, -0.1) is 0 Å². The number of carbonyl (C=O) groups is 1. The lowest BCUT2D eigenvalue weighted by Gasteiger charge is -2.42. The molecule has 2 N–H and O–H groups in total. The van der Waals surface area contributed by atoms with E-state index in [0.29, 0.717) is 17.9 Å². The average Bonchev–Trinajstić information content (AvgIpc) is 3.01. The van der Waals surface area contributed by atoms with Crippen LogP contribution in [0.3, 0.4) is 0 Å². The number of hydrogen-bond donors (Lipinski definition) is 2. The molecule has 3 atom stereocenters. The van der Waals surface area contributed by atoms with Crippen LogP contribution in [-0.2, 0) is 11.2 Å². The Hall–Kier alpha value is -1.81. The van der Waals surface area contributed by atoms with Crippen LogP contribution in [0.5, 0.6) is 0 Å². The molecule has 1 aromatic heterocycles. The number of amides is 1. The Labute approximate surface area is 142 Å². The van der Waals surface area contributed by atoms with Gasteiger partial charge in [0, 0.05) is 48.2 Å². The highest BCUT2D eigenvalue weighted by Crippen LogP contribution is 2.42. The van der Waals surface area contributed by atoms with Gasteiger partial charge in [0.2, 0.25) is 5.91 Å². The van der Waals surface area contributed by atoms with Crippen molar-refractivity contribution in [1.29, 1.82) is 0 Å². The lowest BCUT2D eigenvalue weighted by atomic mass is 9.73. The lowest BCUT2D eigenvalue weighted by Crippen LogP contribution is -2.53. The second kappa shape index (κ2) is 5.62. The zero-order valence-corrected chi connectivity index (χ0v) is 14.1. The van der Waals surface area contributed by atoms with Gasteiger partial charge in [-0.25, -0.2) is 0 Å². The molecule has 3 aliphatic rings. The third-order valence-electron chi connectivity index (χ3n) is 6.30. The maximum atomic E-state index is 13.2. The number of H-pyrrole nitrogens is 1. The molecule has 0 saturated carbocycles. The predicted octanol–water partition coefficient (Wildman–Crippen LogP) is 2.80. The maximum absolute atomic E-state index is 13.2. The molecule has 3 heterocycles. The van der Waals surface area contributed by atoms with Gasteiger partial charge in [0.25, 0.3) is 0 Å². The summed E-state index contributed by atoms with van der Waals surface area (Å²) in [6.45, 7) is 2.73. The Morgan fingerprint density at radius 1 is 1.12 bits per heavy atom. The van der Waals surface area contributed by atoms with Crippen molar-refractivity contribution in [2.75, 3.05) is 19.6 Å². The Balaban J connectivity index is 1.52. The molecule has 1 aliphatic carbocycles. The standard InChI is InChI=1S/C20H25N3O/c24-20(23-8-4-1-5-9-23)17-12-21-13-10-15-14-6-2-3-7-18(14)22-19(15)16(17)11-13/h2-3,6-7,13,16-17,21-22H,1,4-5,8-12H2. The summed E-state index contributed by atoms with van der Waals surface area (Å²) in [5.41, 5.74) is 4.00. The quantitative estimate of drug-likeness (QED) is 0.848. The molecule has 5 rings (SSSR count). The zero-order chi connectivity index (χ0) is 16.1. The van der Waals surface area contributed by atoms with Crippen LogP contribution < -0.4 is 5.32 Å². The summed E-state index contributed by atoms with van der Waals surface area (Å²) < 4.78 is 0. The number of benzene rings is 1. The second-order valence-electron chi connectivity index (χ2n) is 7.71. The van der Waals surface area contributed by atoms with Crippen LogP contribution in [-0.4, -0.2) is 41.5 Å². The van der Waals surface area contributed by atoms with Crippen molar-refractivity contribution in [2.45, 2.75) is 44.1 Å². The highest BCUT2D eigenvalue weighted by Gasteiger charge is 2.42. The number of nitrogens with one attached hydrogen (secondary N) is 2. The number of piperidine rings is 2. The molecule has 2 aromatic rings. The Morgan fingerprint density at radius 2 is 1.96 bits per heavy atom. The van der Waals surface area contributed by atoms with Crippen LogP contribution in [0.25, 0.3) is 10.9 Å². The minimum absolute atomic E-state index is 0.0893. The van der Waals surface area contributed by atoms with Crippen molar-refractivity contribution in [3.05, 3.63) is 35.5 Å². The van der Waals surface area contributed by atoms with E-state index in [1.807, 2.05) is 0 Å². The molecular weight excluding hydrogens is 298 g/mol. The van der Waals surface area contributed by atoms with E-state index in [-0.39, 0.29) is 5.92 Å². The average molecular weight is 323 g/mol. The number of hydrogen-bond acceptors (Lipinski definition) is 2. The summed E-state index contributed by atoms with van der Waals surface area (Å²) >= 11 is 0. The summed E-state index contributed by atoms with van der Waals surface area (Å²) in [7, 11) is 0. The number of para-hydroxylation sites is 1. The molecule has 126 valence electrons. The Kier molecular flexibility index (Phi) is 3.40. The molecule has 2 aliphatic heterocycles. The highest BCUT2D eigenvalue weighted by molar-refractivity contribution is 5.86. The third-order valence-corrected chi connectivity index (χ3v) is 6.30. The fourth-order valence-electron chi connectivity index (χ4n) is 5.08. The summed E-state index contributed by atoms with van der Waals surface area (Å²) in [5.74, 6) is 0.811. The summed E-state index contributed by atoms with van der Waals surface area (Å²) in [5, 5.41) is 5.00. The predicted molar refractivity (Wildman–Crippen MR) is 95.1 cm³/mol. The topological polar surface area (TPSA) is 48.1 Å². The van der Waals surface area contributed by atoms with Crippen LogP contribution in [0.15, 0.2) is 24.3 Å². The monoisotopic (exact) mass is 323 g/mol. The van der Waals surface area contributed by atoms with E-state index in [0.717, 1.165) is 45.3 Å². The van der Waals surface area contributed by atoms with Gasteiger partial charge in [-0.1, -0.05) is 18.2 Å². The molecule has 1 amide bonds. The van der Waals surface area contributed by atoms with E-state index >= 15 is 0 Å². The first-order valence-electron chi connectivity index (χ1n) is 9.43. The van der Waals surface area contributed by atoms with Crippen molar-refractivity contribution in [1.82, 2.24) is 15.2 Å². The van der Waals surface area contributed by atoms with E-state index in [9.17, 15) is 4.79 Å². The van der Waals surface area contributed by atoms with E-state index in [2.05, 4.69) is 39.5 Å². The molecule has 4 heteroatoms. The fraction of sp³-hybridized carbons (Fsp3) is 0.550. The minimum Gasteiger partial charge on any atom is -0.358 e. The SMILES string of the molecule is O=C(C1CNC2Cc3c([nH]c4ccccc34)C1C2)N1CCCCC1. The number of aromatic nitrogens is 1. The van der Waals surface area contributed by atoms with E-state index < -0.39 is 0 Å². The summed E-state index contributed by atoms with van der Waals surface area (Å²) in [6, 6.07) is 9.10.